The fourth-order valence-corrected chi connectivity index (χ4v) is 4.19. The number of pyridine rings is 1. The molecule has 0 aliphatic rings. The molecule has 3 aromatic heterocycles. The van der Waals surface area contributed by atoms with E-state index in [0.717, 1.165) is 35.7 Å². The van der Waals surface area contributed by atoms with Gasteiger partial charge in [-0.1, -0.05) is 32.8 Å². The van der Waals surface area contributed by atoms with Crippen LogP contribution in [-0.4, -0.2) is 25.8 Å². The predicted molar refractivity (Wildman–Crippen MR) is 144 cm³/mol. The summed E-state index contributed by atoms with van der Waals surface area (Å²) in [5, 5.41) is 9.96. The highest BCUT2D eigenvalue weighted by Crippen LogP contribution is 2.19. The molecule has 0 saturated heterocycles. The second-order valence-electron chi connectivity index (χ2n) is 9.42. The Hall–Kier alpha value is -2.95. The molecule has 0 saturated carbocycles. The molecule has 5 nitrogen and oxygen atoms in total. The highest BCUT2D eigenvalue weighted by molar-refractivity contribution is 6.00. The fourth-order valence-electron chi connectivity index (χ4n) is 4.19. The Balaban J connectivity index is 1.94. The van der Waals surface area contributed by atoms with Crippen LogP contribution in [0.15, 0.2) is 40.5 Å². The minimum absolute atomic E-state index is 0.880. The third-order valence-corrected chi connectivity index (χ3v) is 6.65. The number of rotatable bonds is 10. The highest BCUT2D eigenvalue weighted by atomic mass is 15.4. The van der Waals surface area contributed by atoms with Crippen LogP contribution in [0.5, 0.6) is 0 Å². The Morgan fingerprint density at radius 3 is 1.53 bits per heavy atom. The maximum Gasteiger partial charge on any atom is 0.0867 e. The van der Waals surface area contributed by atoms with Gasteiger partial charge in [0.2, 0.25) is 0 Å². The van der Waals surface area contributed by atoms with Gasteiger partial charge in [0.25, 0.3) is 0 Å². The maximum atomic E-state index is 4.98. The molecule has 0 unspecified atom stereocenters. The van der Waals surface area contributed by atoms with Crippen LogP contribution in [-0.2, 0) is 12.8 Å². The Morgan fingerprint density at radius 1 is 0.735 bits per heavy atom. The number of unbranched alkanes of at least 4 members (excludes halogenated alkanes) is 2. The predicted octanol–water partition coefficient (Wildman–Crippen LogP) is 7.15. The summed E-state index contributed by atoms with van der Waals surface area (Å²) in [4.78, 5) is 4.93. The molecule has 0 radical (unpaired) electrons. The number of aryl methyl sites for hydroxylation is 4. The van der Waals surface area contributed by atoms with Gasteiger partial charge >= 0.3 is 0 Å². The van der Waals surface area contributed by atoms with Crippen molar-refractivity contribution in [2.45, 2.75) is 93.9 Å². The summed E-state index contributed by atoms with van der Waals surface area (Å²) >= 11 is 0. The summed E-state index contributed by atoms with van der Waals surface area (Å²) in [6, 6.07) is 10.6. The monoisotopic (exact) mass is 459 g/mol. The van der Waals surface area contributed by atoms with E-state index >= 15 is 0 Å². The molecule has 0 atom stereocenters. The molecular weight excluding hydrogens is 418 g/mol. The van der Waals surface area contributed by atoms with E-state index in [0.29, 0.717) is 0 Å². The van der Waals surface area contributed by atoms with Gasteiger partial charge in [0.1, 0.15) is 0 Å². The third-order valence-electron chi connectivity index (χ3n) is 6.65. The van der Waals surface area contributed by atoms with Crippen LogP contribution < -0.4 is 0 Å². The minimum atomic E-state index is 0.880. The minimum Gasteiger partial charge on any atom is -0.245 e. The van der Waals surface area contributed by atoms with Crippen molar-refractivity contribution in [2.75, 3.05) is 0 Å². The van der Waals surface area contributed by atoms with Crippen LogP contribution in [0.4, 0.5) is 0 Å². The molecule has 34 heavy (non-hydrogen) atoms. The standard InChI is InChI=1S/C29H41N5/c1-9-11-14-26-18-20(3)24(7)33(26)31-22(5)28-16-13-17-29(30-28)23(6)32-34-25(8)21(4)19-27(34)15-12-10-2/h13,16-19H,9-12,14-15H2,1-8H3/b31-22+,32-23+. The Morgan fingerprint density at radius 2 is 1.15 bits per heavy atom. The number of nitrogens with zero attached hydrogens (tertiary/aromatic N) is 5. The summed E-state index contributed by atoms with van der Waals surface area (Å²) in [5.41, 5.74) is 11.1. The van der Waals surface area contributed by atoms with Crippen molar-refractivity contribution in [1.82, 2.24) is 14.3 Å². The van der Waals surface area contributed by atoms with Gasteiger partial charge < -0.3 is 0 Å². The van der Waals surface area contributed by atoms with Crippen molar-refractivity contribution in [3.05, 3.63) is 75.6 Å². The topological polar surface area (TPSA) is 47.5 Å². The van der Waals surface area contributed by atoms with Gasteiger partial charge in [-0.15, -0.1) is 0 Å². The molecule has 0 amide bonds. The summed E-state index contributed by atoms with van der Waals surface area (Å²) in [6.45, 7) is 17.1. The van der Waals surface area contributed by atoms with E-state index in [1.54, 1.807) is 0 Å². The SMILES string of the molecule is CCCCc1cc(C)c(C)n1/N=C(\C)c1cccc(/C(C)=N/n2c(CCCC)cc(C)c2C)n1. The van der Waals surface area contributed by atoms with E-state index < -0.39 is 0 Å². The van der Waals surface area contributed by atoms with Crippen LogP contribution in [0, 0.1) is 27.7 Å². The molecule has 3 heterocycles. The normalized spacial score (nSPS) is 12.6. The molecule has 0 aromatic carbocycles. The first kappa shape index (κ1) is 25.7. The summed E-state index contributed by atoms with van der Waals surface area (Å²) in [6.07, 6.45) is 6.76. The second kappa shape index (κ2) is 11.5. The van der Waals surface area contributed by atoms with E-state index in [1.165, 1.54) is 59.6 Å². The van der Waals surface area contributed by atoms with E-state index in [2.05, 4.69) is 63.0 Å². The molecule has 5 heteroatoms. The molecule has 3 rings (SSSR count). The van der Waals surface area contributed by atoms with E-state index in [9.17, 15) is 0 Å². The average molecular weight is 460 g/mol. The van der Waals surface area contributed by atoms with Crippen molar-refractivity contribution in [3.63, 3.8) is 0 Å². The van der Waals surface area contributed by atoms with Gasteiger partial charge in [-0.3, -0.25) is 0 Å². The lowest BCUT2D eigenvalue weighted by Gasteiger charge is -2.10. The lowest BCUT2D eigenvalue weighted by Crippen LogP contribution is -2.10. The number of aromatic nitrogens is 3. The van der Waals surface area contributed by atoms with Crippen molar-refractivity contribution < 1.29 is 0 Å². The zero-order valence-corrected chi connectivity index (χ0v) is 22.4. The molecule has 0 aliphatic carbocycles. The first-order chi connectivity index (χ1) is 16.3. The Kier molecular flexibility index (Phi) is 8.65. The van der Waals surface area contributed by atoms with Crippen LogP contribution in [0.25, 0.3) is 0 Å². The van der Waals surface area contributed by atoms with Gasteiger partial charge in [-0.2, -0.15) is 10.2 Å². The van der Waals surface area contributed by atoms with Crippen molar-refractivity contribution in [1.29, 1.82) is 0 Å². The number of hydrogen-bond donors (Lipinski definition) is 0. The molecular formula is C29H41N5. The van der Waals surface area contributed by atoms with Crippen molar-refractivity contribution in [2.24, 2.45) is 10.2 Å². The molecule has 0 N–H and O–H groups in total. The first-order valence-electron chi connectivity index (χ1n) is 12.7. The van der Waals surface area contributed by atoms with Gasteiger partial charge in [0.05, 0.1) is 22.8 Å². The quantitative estimate of drug-likeness (QED) is 0.297. The van der Waals surface area contributed by atoms with Gasteiger partial charge in [-0.05, 0) is 103 Å². The van der Waals surface area contributed by atoms with E-state index in [1.807, 2.05) is 32.0 Å². The smallest absolute Gasteiger partial charge is 0.0867 e. The van der Waals surface area contributed by atoms with Crippen LogP contribution >= 0.6 is 0 Å². The number of hydrogen-bond acceptors (Lipinski definition) is 3. The maximum absolute atomic E-state index is 4.98. The second-order valence-corrected chi connectivity index (χ2v) is 9.42. The Labute approximate surface area is 205 Å². The van der Waals surface area contributed by atoms with Crippen LogP contribution in [0.3, 0.4) is 0 Å². The van der Waals surface area contributed by atoms with E-state index in [4.69, 9.17) is 15.2 Å². The summed E-state index contributed by atoms with van der Waals surface area (Å²) in [5.74, 6) is 0. The largest absolute Gasteiger partial charge is 0.245 e. The molecule has 0 bridgehead atoms. The summed E-state index contributed by atoms with van der Waals surface area (Å²) < 4.78 is 4.20. The Bertz CT molecular complexity index is 1100. The molecule has 0 aliphatic heterocycles. The van der Waals surface area contributed by atoms with Crippen molar-refractivity contribution in [3.8, 4) is 0 Å². The van der Waals surface area contributed by atoms with Gasteiger partial charge in [0.15, 0.2) is 0 Å². The summed E-state index contributed by atoms with van der Waals surface area (Å²) in [7, 11) is 0. The lowest BCUT2D eigenvalue weighted by atomic mass is 10.2. The van der Waals surface area contributed by atoms with Gasteiger partial charge in [-0.25, -0.2) is 14.3 Å². The molecule has 182 valence electrons. The van der Waals surface area contributed by atoms with Gasteiger partial charge in [0, 0.05) is 22.8 Å². The van der Waals surface area contributed by atoms with Crippen LogP contribution in [0.2, 0.25) is 0 Å². The third kappa shape index (κ3) is 5.75. The lowest BCUT2D eigenvalue weighted by molar-refractivity contribution is 0.711. The van der Waals surface area contributed by atoms with E-state index in [-0.39, 0.29) is 0 Å². The first-order valence-corrected chi connectivity index (χ1v) is 12.7. The molecule has 0 fully saturated rings. The zero-order chi connectivity index (χ0) is 24.8. The average Bonchev–Trinajstić information content (AvgIpc) is 3.25. The highest BCUT2D eigenvalue weighted by Gasteiger charge is 2.12. The molecule has 3 aromatic rings. The molecule has 0 spiro atoms. The van der Waals surface area contributed by atoms with Crippen molar-refractivity contribution >= 4 is 11.4 Å². The zero-order valence-electron chi connectivity index (χ0n) is 22.4. The fraction of sp³-hybridized carbons (Fsp3) is 0.483. The van der Waals surface area contributed by atoms with Crippen LogP contribution in [0.1, 0.15) is 98.7 Å².